The molecule has 17 heavy (non-hydrogen) atoms. The summed E-state index contributed by atoms with van der Waals surface area (Å²) in [7, 11) is 0. The Kier molecular flexibility index (Phi) is 3.99. The van der Waals surface area contributed by atoms with Crippen LogP contribution in [0.25, 0.3) is 0 Å². The number of pyridine rings is 1. The zero-order valence-corrected chi connectivity index (χ0v) is 10.4. The van der Waals surface area contributed by atoms with Crippen LogP contribution in [0.5, 0.6) is 5.75 Å². The molecule has 1 heterocycles. The van der Waals surface area contributed by atoms with E-state index in [9.17, 15) is 0 Å². The van der Waals surface area contributed by atoms with Gasteiger partial charge >= 0.3 is 0 Å². The van der Waals surface area contributed by atoms with Crippen molar-refractivity contribution in [2.75, 3.05) is 0 Å². The monoisotopic (exact) mass is 247 g/mol. The Hall–Kier alpha value is -1.54. The van der Waals surface area contributed by atoms with Gasteiger partial charge in [0.2, 0.25) is 0 Å². The fourth-order valence-electron chi connectivity index (χ4n) is 1.50. The molecule has 1 aromatic heterocycles. The molecule has 0 radical (unpaired) electrons. The van der Waals surface area contributed by atoms with E-state index >= 15 is 0 Å². The first-order chi connectivity index (χ1) is 8.29. The van der Waals surface area contributed by atoms with Crippen molar-refractivity contribution in [3.05, 3.63) is 58.9 Å². The number of rotatable bonds is 4. The second-order valence-corrected chi connectivity index (χ2v) is 4.16. The summed E-state index contributed by atoms with van der Waals surface area (Å²) in [6.07, 6.45) is 4.38. The molecule has 0 atom stereocenters. The van der Waals surface area contributed by atoms with Crippen LogP contribution >= 0.6 is 11.6 Å². The van der Waals surface area contributed by atoms with Crippen molar-refractivity contribution < 1.29 is 4.74 Å². The van der Waals surface area contributed by atoms with Crippen LogP contribution in [-0.2, 0) is 13.0 Å². The first-order valence-electron chi connectivity index (χ1n) is 5.59. The first-order valence-corrected chi connectivity index (χ1v) is 5.97. The number of nitrogens with zero attached hydrogens (tertiary/aromatic N) is 1. The molecule has 0 aliphatic heterocycles. The predicted octanol–water partition coefficient (Wildman–Crippen LogP) is 3.88. The van der Waals surface area contributed by atoms with Crippen molar-refractivity contribution in [2.24, 2.45) is 0 Å². The molecular formula is C14H14ClNO. The van der Waals surface area contributed by atoms with E-state index in [-0.39, 0.29) is 0 Å². The summed E-state index contributed by atoms with van der Waals surface area (Å²) in [5.74, 6) is 0.857. The third-order valence-corrected chi connectivity index (χ3v) is 2.92. The molecule has 1 aromatic carbocycles. The van der Waals surface area contributed by atoms with Crippen molar-refractivity contribution in [1.29, 1.82) is 0 Å². The number of hydrogen-bond donors (Lipinski definition) is 0. The summed E-state index contributed by atoms with van der Waals surface area (Å²) in [5, 5.41) is 0.637. The fourth-order valence-corrected chi connectivity index (χ4v) is 1.68. The minimum atomic E-state index is 0.465. The summed E-state index contributed by atoms with van der Waals surface area (Å²) in [6.45, 7) is 2.60. The Morgan fingerprint density at radius 1 is 1.18 bits per heavy atom. The van der Waals surface area contributed by atoms with Gasteiger partial charge in [-0.3, -0.25) is 4.98 Å². The molecule has 0 bridgehead atoms. The van der Waals surface area contributed by atoms with Gasteiger partial charge in [0.15, 0.2) is 0 Å². The van der Waals surface area contributed by atoms with Crippen molar-refractivity contribution in [3.8, 4) is 5.75 Å². The second-order valence-electron chi connectivity index (χ2n) is 3.75. The van der Waals surface area contributed by atoms with Gasteiger partial charge in [0.1, 0.15) is 12.4 Å². The fraction of sp³-hybridized carbons (Fsp3) is 0.214. The van der Waals surface area contributed by atoms with Gasteiger partial charge in [0, 0.05) is 18.0 Å². The molecule has 0 saturated heterocycles. The maximum atomic E-state index is 6.00. The van der Waals surface area contributed by atoms with Crippen molar-refractivity contribution >= 4 is 11.6 Å². The van der Waals surface area contributed by atoms with Crippen molar-refractivity contribution in [3.63, 3.8) is 0 Å². The van der Waals surface area contributed by atoms with Crippen LogP contribution < -0.4 is 4.74 Å². The maximum Gasteiger partial charge on any atom is 0.119 e. The van der Waals surface area contributed by atoms with Crippen LogP contribution in [-0.4, -0.2) is 4.98 Å². The van der Waals surface area contributed by atoms with Gasteiger partial charge in [0.05, 0.1) is 5.02 Å². The van der Waals surface area contributed by atoms with Crippen LogP contribution in [0.3, 0.4) is 0 Å². The second kappa shape index (κ2) is 5.69. The number of hydrogen-bond acceptors (Lipinski definition) is 2. The average Bonchev–Trinajstić information content (AvgIpc) is 2.38. The van der Waals surface area contributed by atoms with Gasteiger partial charge < -0.3 is 4.74 Å². The predicted molar refractivity (Wildman–Crippen MR) is 69.4 cm³/mol. The molecule has 2 rings (SSSR count). The molecule has 0 aliphatic carbocycles. The Balaban J connectivity index is 2.00. The minimum absolute atomic E-state index is 0.465. The molecule has 0 saturated carbocycles. The summed E-state index contributed by atoms with van der Waals surface area (Å²) >= 11 is 6.00. The Bertz CT molecular complexity index is 482. The van der Waals surface area contributed by atoms with Gasteiger partial charge in [0.25, 0.3) is 0 Å². The highest BCUT2D eigenvalue weighted by molar-refractivity contribution is 6.31. The van der Waals surface area contributed by atoms with Crippen LogP contribution in [0.1, 0.15) is 18.1 Å². The van der Waals surface area contributed by atoms with E-state index in [1.807, 2.05) is 18.2 Å². The Morgan fingerprint density at radius 3 is 2.59 bits per heavy atom. The largest absolute Gasteiger partial charge is 0.489 e. The van der Waals surface area contributed by atoms with Gasteiger partial charge in [-0.25, -0.2) is 0 Å². The van der Waals surface area contributed by atoms with Gasteiger partial charge in [-0.1, -0.05) is 30.7 Å². The number of benzene rings is 1. The number of ether oxygens (including phenoxy) is 1. The van der Waals surface area contributed by atoms with Crippen LogP contribution in [0.2, 0.25) is 5.02 Å². The minimum Gasteiger partial charge on any atom is -0.489 e. The van der Waals surface area contributed by atoms with Crippen molar-refractivity contribution in [2.45, 2.75) is 20.0 Å². The lowest BCUT2D eigenvalue weighted by Gasteiger charge is -2.07. The van der Waals surface area contributed by atoms with E-state index in [4.69, 9.17) is 16.3 Å². The van der Waals surface area contributed by atoms with Gasteiger partial charge in [-0.05, 0) is 30.2 Å². The molecule has 0 spiro atoms. The molecule has 0 unspecified atom stereocenters. The molecule has 2 aromatic rings. The quantitative estimate of drug-likeness (QED) is 0.818. The van der Waals surface area contributed by atoms with E-state index in [0.717, 1.165) is 17.7 Å². The van der Waals surface area contributed by atoms with Crippen LogP contribution in [0.15, 0.2) is 42.7 Å². The third kappa shape index (κ3) is 3.21. The normalized spacial score (nSPS) is 10.2. The lowest BCUT2D eigenvalue weighted by Crippen LogP contribution is -1.96. The van der Waals surface area contributed by atoms with Crippen LogP contribution in [0.4, 0.5) is 0 Å². The van der Waals surface area contributed by atoms with Gasteiger partial charge in [-0.15, -0.1) is 0 Å². The average molecular weight is 248 g/mol. The number of aromatic nitrogens is 1. The summed E-state index contributed by atoms with van der Waals surface area (Å²) in [5.41, 5.74) is 2.25. The Labute approximate surface area is 106 Å². The van der Waals surface area contributed by atoms with E-state index in [1.54, 1.807) is 12.4 Å². The highest BCUT2D eigenvalue weighted by atomic mass is 35.5. The number of halogens is 1. The molecule has 0 N–H and O–H groups in total. The molecule has 0 amide bonds. The lowest BCUT2D eigenvalue weighted by atomic mass is 10.2. The SMILES string of the molecule is CCc1ccc(OCc2ccncc2Cl)cc1. The highest BCUT2D eigenvalue weighted by Gasteiger charge is 2.00. The lowest BCUT2D eigenvalue weighted by molar-refractivity contribution is 0.306. The van der Waals surface area contributed by atoms with E-state index in [1.165, 1.54) is 5.56 Å². The molecule has 0 aliphatic rings. The molecule has 3 heteroatoms. The molecule has 2 nitrogen and oxygen atoms in total. The zero-order chi connectivity index (χ0) is 12.1. The summed E-state index contributed by atoms with van der Waals surface area (Å²) in [4.78, 5) is 3.94. The summed E-state index contributed by atoms with van der Waals surface area (Å²) in [6, 6.07) is 9.97. The maximum absolute atomic E-state index is 6.00. The van der Waals surface area contributed by atoms with E-state index in [0.29, 0.717) is 11.6 Å². The van der Waals surface area contributed by atoms with Crippen molar-refractivity contribution in [1.82, 2.24) is 4.98 Å². The summed E-state index contributed by atoms with van der Waals surface area (Å²) < 4.78 is 5.66. The highest BCUT2D eigenvalue weighted by Crippen LogP contribution is 2.18. The molecule has 0 fully saturated rings. The first kappa shape index (κ1) is 11.9. The third-order valence-electron chi connectivity index (χ3n) is 2.58. The van der Waals surface area contributed by atoms with E-state index < -0.39 is 0 Å². The standard InChI is InChI=1S/C14H14ClNO/c1-2-11-3-5-13(6-4-11)17-10-12-7-8-16-9-14(12)15/h3-9H,2,10H2,1H3. The van der Waals surface area contributed by atoms with E-state index in [2.05, 4.69) is 24.0 Å². The van der Waals surface area contributed by atoms with Crippen LogP contribution in [0, 0.1) is 0 Å². The smallest absolute Gasteiger partial charge is 0.119 e. The molecular weight excluding hydrogens is 234 g/mol. The Morgan fingerprint density at radius 2 is 1.94 bits per heavy atom. The zero-order valence-electron chi connectivity index (χ0n) is 9.69. The topological polar surface area (TPSA) is 22.1 Å². The molecule has 88 valence electrons. The van der Waals surface area contributed by atoms with Gasteiger partial charge in [-0.2, -0.15) is 0 Å². The number of aryl methyl sites for hydroxylation is 1.